The Bertz CT molecular complexity index is 683. The van der Waals surface area contributed by atoms with Crippen LogP contribution in [0.25, 0.3) is 0 Å². The Morgan fingerprint density at radius 2 is 2.00 bits per heavy atom. The molecule has 2 atom stereocenters. The fraction of sp³-hybridized carbons (Fsp3) is 0.706. The van der Waals surface area contributed by atoms with Gasteiger partial charge in [-0.05, 0) is 45.6 Å². The molecular formula is C17H23ClF2N4O2. The van der Waals surface area contributed by atoms with E-state index in [1.165, 1.54) is 6.07 Å². The molecule has 0 aliphatic carbocycles. The van der Waals surface area contributed by atoms with E-state index in [9.17, 15) is 13.6 Å². The Hall–Kier alpha value is -1.70. The molecule has 0 saturated carbocycles. The summed E-state index contributed by atoms with van der Waals surface area (Å²) in [7, 11) is 0. The van der Waals surface area contributed by atoms with Crippen molar-refractivity contribution in [2.45, 2.75) is 51.7 Å². The van der Waals surface area contributed by atoms with Crippen molar-refractivity contribution >= 4 is 23.5 Å². The van der Waals surface area contributed by atoms with Gasteiger partial charge in [-0.3, -0.25) is 0 Å². The Morgan fingerprint density at radius 1 is 1.31 bits per heavy atom. The van der Waals surface area contributed by atoms with E-state index >= 15 is 0 Å². The summed E-state index contributed by atoms with van der Waals surface area (Å²) in [5.74, 6) is 0.768. The molecule has 3 rings (SSSR count). The van der Waals surface area contributed by atoms with Crippen molar-refractivity contribution < 1.29 is 18.3 Å². The smallest absolute Gasteiger partial charge is 0.410 e. The van der Waals surface area contributed by atoms with Gasteiger partial charge in [-0.2, -0.15) is 0 Å². The molecule has 2 aliphatic rings. The highest BCUT2D eigenvalue weighted by Gasteiger charge is 2.41. The second-order valence-electron chi connectivity index (χ2n) is 7.77. The van der Waals surface area contributed by atoms with Crippen molar-refractivity contribution in [3.05, 3.63) is 16.8 Å². The number of carbonyl (C=O) groups is 1. The number of ether oxygens (including phenoxy) is 1. The third kappa shape index (κ3) is 4.00. The zero-order valence-corrected chi connectivity index (χ0v) is 15.8. The molecule has 3 heterocycles. The number of anilines is 1. The number of carbonyl (C=O) groups excluding carboxylic acids is 1. The lowest BCUT2D eigenvalue weighted by molar-refractivity contribution is 0.0173. The second kappa shape index (κ2) is 7.13. The highest BCUT2D eigenvalue weighted by molar-refractivity contribution is 6.30. The Kier molecular flexibility index (Phi) is 5.23. The molecule has 2 unspecified atom stereocenters. The minimum atomic E-state index is -2.71. The van der Waals surface area contributed by atoms with Crippen molar-refractivity contribution in [1.82, 2.24) is 15.1 Å². The number of aromatic nitrogens is 2. The first kappa shape index (κ1) is 19.1. The average Bonchev–Trinajstić information content (AvgIpc) is 2.96. The van der Waals surface area contributed by atoms with Crippen LogP contribution in [0.3, 0.4) is 0 Å². The number of rotatable bonds is 2. The average molecular weight is 389 g/mol. The van der Waals surface area contributed by atoms with Crippen LogP contribution < -0.4 is 4.90 Å². The third-order valence-electron chi connectivity index (χ3n) is 4.81. The summed E-state index contributed by atoms with van der Waals surface area (Å²) in [6.07, 6.45) is -1.28. The van der Waals surface area contributed by atoms with Crippen molar-refractivity contribution in [3.8, 4) is 0 Å². The number of likely N-dealkylation sites (tertiary alicyclic amines) is 1. The molecule has 9 heteroatoms. The molecule has 1 aromatic heterocycles. The Labute approximate surface area is 156 Å². The normalized spacial score (nSPS) is 23.3. The Balaban J connectivity index is 1.77. The van der Waals surface area contributed by atoms with E-state index in [0.29, 0.717) is 31.4 Å². The van der Waals surface area contributed by atoms with Gasteiger partial charge in [0.2, 0.25) is 0 Å². The number of alkyl halides is 2. The topological polar surface area (TPSA) is 58.6 Å². The van der Waals surface area contributed by atoms with Gasteiger partial charge in [0.05, 0.1) is 11.6 Å². The summed E-state index contributed by atoms with van der Waals surface area (Å²) in [6.45, 7) is 7.29. The van der Waals surface area contributed by atoms with E-state index in [-0.39, 0.29) is 22.9 Å². The molecule has 0 radical (unpaired) electrons. The van der Waals surface area contributed by atoms with Crippen molar-refractivity contribution in [1.29, 1.82) is 0 Å². The number of nitrogens with zero attached hydrogens (tertiary/aromatic N) is 4. The first-order chi connectivity index (χ1) is 12.2. The van der Waals surface area contributed by atoms with E-state index in [1.54, 1.807) is 4.90 Å². The highest BCUT2D eigenvalue weighted by Crippen LogP contribution is 2.36. The summed E-state index contributed by atoms with van der Waals surface area (Å²) in [6, 6.07) is 1.31. The molecule has 0 bridgehead atoms. The molecule has 2 aliphatic heterocycles. The van der Waals surface area contributed by atoms with E-state index in [1.807, 2.05) is 25.7 Å². The lowest BCUT2D eigenvalue weighted by atomic mass is 9.92. The van der Waals surface area contributed by atoms with E-state index in [0.717, 1.165) is 12.8 Å². The van der Waals surface area contributed by atoms with Crippen LogP contribution in [0.5, 0.6) is 0 Å². The molecular weight excluding hydrogens is 366 g/mol. The summed E-state index contributed by atoms with van der Waals surface area (Å²) < 4.78 is 31.7. The van der Waals surface area contributed by atoms with Gasteiger partial charge in [0.15, 0.2) is 11.0 Å². The largest absolute Gasteiger partial charge is 0.444 e. The maximum absolute atomic E-state index is 13.1. The maximum Gasteiger partial charge on any atom is 0.410 e. The molecule has 2 saturated heterocycles. The SMILES string of the molecule is CC(C)(C)OC(=O)N1CCC2CCN(c3cc(C(F)F)c(Cl)nn3)C2C1. The summed E-state index contributed by atoms with van der Waals surface area (Å²) in [4.78, 5) is 16.0. The lowest BCUT2D eigenvalue weighted by Gasteiger charge is -2.39. The quantitative estimate of drug-likeness (QED) is 0.769. The van der Waals surface area contributed by atoms with Crippen LogP contribution in [-0.4, -0.2) is 52.5 Å². The fourth-order valence-electron chi connectivity index (χ4n) is 3.59. The van der Waals surface area contributed by atoms with Gasteiger partial charge in [-0.15, -0.1) is 10.2 Å². The summed E-state index contributed by atoms with van der Waals surface area (Å²) >= 11 is 5.72. The number of piperidine rings is 1. The minimum absolute atomic E-state index is 0.0114. The van der Waals surface area contributed by atoms with Crippen LogP contribution in [0, 0.1) is 5.92 Å². The predicted molar refractivity (Wildman–Crippen MR) is 93.7 cm³/mol. The van der Waals surface area contributed by atoms with Gasteiger partial charge in [0, 0.05) is 19.6 Å². The number of fused-ring (bicyclic) bond motifs is 1. The molecule has 2 fully saturated rings. The number of hydrogen-bond donors (Lipinski definition) is 0. The first-order valence-corrected chi connectivity index (χ1v) is 9.09. The van der Waals surface area contributed by atoms with E-state index in [4.69, 9.17) is 16.3 Å². The molecule has 144 valence electrons. The van der Waals surface area contributed by atoms with E-state index < -0.39 is 12.0 Å². The molecule has 1 amide bonds. The monoisotopic (exact) mass is 388 g/mol. The van der Waals surface area contributed by atoms with Crippen LogP contribution in [0.2, 0.25) is 5.15 Å². The van der Waals surface area contributed by atoms with Crippen molar-refractivity contribution in [3.63, 3.8) is 0 Å². The van der Waals surface area contributed by atoms with Crippen LogP contribution in [0.15, 0.2) is 6.07 Å². The van der Waals surface area contributed by atoms with Gasteiger partial charge in [0.25, 0.3) is 6.43 Å². The molecule has 0 spiro atoms. The van der Waals surface area contributed by atoms with Crippen molar-refractivity contribution in [2.24, 2.45) is 5.92 Å². The Morgan fingerprint density at radius 3 is 2.65 bits per heavy atom. The zero-order valence-electron chi connectivity index (χ0n) is 15.1. The fourth-order valence-corrected chi connectivity index (χ4v) is 3.77. The van der Waals surface area contributed by atoms with Gasteiger partial charge < -0.3 is 14.5 Å². The molecule has 0 aromatic carbocycles. The van der Waals surface area contributed by atoms with Crippen LogP contribution in [-0.2, 0) is 4.74 Å². The zero-order chi connectivity index (χ0) is 19.1. The molecule has 26 heavy (non-hydrogen) atoms. The minimum Gasteiger partial charge on any atom is -0.444 e. The standard InChI is InChI=1S/C17H23ClF2N4O2/c1-17(2,3)26-16(25)23-6-4-10-5-7-24(12(10)9-23)13-8-11(15(19)20)14(18)22-21-13/h8,10,12,15H,4-7,9H2,1-3H3. The molecule has 1 aromatic rings. The summed E-state index contributed by atoms with van der Waals surface area (Å²) in [5, 5.41) is 7.39. The van der Waals surface area contributed by atoms with Crippen LogP contribution in [0.1, 0.15) is 45.6 Å². The van der Waals surface area contributed by atoms with E-state index in [2.05, 4.69) is 10.2 Å². The molecule has 0 N–H and O–H groups in total. The van der Waals surface area contributed by atoms with Crippen LogP contribution in [0.4, 0.5) is 19.4 Å². The summed E-state index contributed by atoms with van der Waals surface area (Å²) in [5.41, 5.74) is -0.878. The number of amides is 1. The second-order valence-corrected chi connectivity index (χ2v) is 8.13. The maximum atomic E-state index is 13.1. The van der Waals surface area contributed by atoms with Gasteiger partial charge >= 0.3 is 6.09 Å². The van der Waals surface area contributed by atoms with Gasteiger partial charge in [-0.25, -0.2) is 13.6 Å². The number of hydrogen-bond acceptors (Lipinski definition) is 5. The first-order valence-electron chi connectivity index (χ1n) is 8.71. The van der Waals surface area contributed by atoms with Gasteiger partial charge in [0.1, 0.15) is 5.60 Å². The highest BCUT2D eigenvalue weighted by atomic mass is 35.5. The van der Waals surface area contributed by atoms with Crippen LogP contribution >= 0.6 is 11.6 Å². The predicted octanol–water partition coefficient (Wildman–Crippen LogP) is 3.90. The third-order valence-corrected chi connectivity index (χ3v) is 5.10. The molecule has 6 nitrogen and oxygen atoms in total. The van der Waals surface area contributed by atoms with Crippen molar-refractivity contribution in [2.75, 3.05) is 24.5 Å². The lowest BCUT2D eigenvalue weighted by Crippen LogP contribution is -2.51. The number of halogens is 3. The van der Waals surface area contributed by atoms with Gasteiger partial charge in [-0.1, -0.05) is 11.6 Å².